The van der Waals surface area contributed by atoms with E-state index in [1.165, 1.54) is 50.6 Å². The van der Waals surface area contributed by atoms with E-state index < -0.39 is 0 Å². The summed E-state index contributed by atoms with van der Waals surface area (Å²) in [6, 6.07) is 15.0. The minimum atomic E-state index is 0.149. The molecule has 2 N–H and O–H groups in total. The highest BCUT2D eigenvalue weighted by Gasteiger charge is 2.27. The predicted octanol–water partition coefficient (Wildman–Crippen LogP) is 6.94. The zero-order chi connectivity index (χ0) is 22.1. The summed E-state index contributed by atoms with van der Waals surface area (Å²) < 4.78 is 0. The minimum Gasteiger partial charge on any atom is -0.361 e. The molecule has 0 spiro atoms. The van der Waals surface area contributed by atoms with Crippen molar-refractivity contribution in [1.29, 1.82) is 0 Å². The van der Waals surface area contributed by atoms with Gasteiger partial charge in [-0.05, 0) is 80.5 Å². The van der Waals surface area contributed by atoms with Crippen LogP contribution in [0, 0.1) is 27.7 Å². The van der Waals surface area contributed by atoms with Gasteiger partial charge in [0.15, 0.2) is 0 Å². The molecule has 0 amide bonds. The van der Waals surface area contributed by atoms with E-state index >= 15 is 0 Å². The van der Waals surface area contributed by atoms with Gasteiger partial charge in [0, 0.05) is 34.5 Å². The van der Waals surface area contributed by atoms with Crippen molar-refractivity contribution >= 4 is 0 Å². The van der Waals surface area contributed by atoms with E-state index in [1.807, 2.05) is 18.3 Å². The molecule has 4 rings (SSSR count). The second-order valence-electron chi connectivity index (χ2n) is 8.51. The Morgan fingerprint density at radius 2 is 1.29 bits per heavy atom. The monoisotopic (exact) mass is 411 g/mol. The summed E-state index contributed by atoms with van der Waals surface area (Å²) >= 11 is 0. The van der Waals surface area contributed by atoms with Crippen molar-refractivity contribution in [2.75, 3.05) is 0 Å². The molecule has 0 saturated carbocycles. The van der Waals surface area contributed by atoms with Crippen LogP contribution < -0.4 is 0 Å². The summed E-state index contributed by atoms with van der Waals surface area (Å²) in [5, 5.41) is 0. The molecule has 4 aromatic rings. The lowest BCUT2D eigenvalue weighted by Crippen LogP contribution is -2.08. The van der Waals surface area contributed by atoms with Crippen LogP contribution in [0.25, 0.3) is 11.3 Å². The van der Waals surface area contributed by atoms with Gasteiger partial charge in [0.2, 0.25) is 0 Å². The first kappa shape index (κ1) is 21.2. The van der Waals surface area contributed by atoms with E-state index in [-0.39, 0.29) is 5.92 Å². The molecule has 0 radical (unpaired) electrons. The molecule has 31 heavy (non-hydrogen) atoms. The fourth-order valence-corrected chi connectivity index (χ4v) is 5.13. The van der Waals surface area contributed by atoms with Gasteiger partial charge in [-0.3, -0.25) is 4.98 Å². The number of aryl methyl sites for hydroxylation is 2. The van der Waals surface area contributed by atoms with E-state index in [0.29, 0.717) is 0 Å². The maximum Gasteiger partial charge on any atom is 0.0701 e. The second-order valence-corrected chi connectivity index (χ2v) is 8.51. The van der Waals surface area contributed by atoms with Crippen molar-refractivity contribution in [2.24, 2.45) is 0 Å². The lowest BCUT2D eigenvalue weighted by molar-refractivity contribution is 0.869. The number of H-pyrrole nitrogens is 2. The molecular formula is C28H33N3. The standard InChI is InChI=1S/C28H33N3/c1-7-23-17(3)27(30-19(23)5)26(28-18(4)24(8-2)20(6)31-28)22-14-12-21(13-15-22)25-11-9-10-16-29-25/h9-16,26,30-31H,7-8H2,1-6H3. The van der Waals surface area contributed by atoms with E-state index in [0.717, 1.165) is 24.1 Å². The van der Waals surface area contributed by atoms with E-state index in [2.05, 4.69) is 86.8 Å². The van der Waals surface area contributed by atoms with Gasteiger partial charge in [-0.25, -0.2) is 0 Å². The van der Waals surface area contributed by atoms with Crippen LogP contribution in [0.5, 0.6) is 0 Å². The van der Waals surface area contributed by atoms with Crippen LogP contribution in [0.3, 0.4) is 0 Å². The predicted molar refractivity (Wildman–Crippen MR) is 130 cm³/mol. The smallest absolute Gasteiger partial charge is 0.0701 e. The summed E-state index contributed by atoms with van der Waals surface area (Å²) in [5.74, 6) is 0.149. The number of rotatable bonds is 6. The molecule has 3 aromatic heterocycles. The third-order valence-corrected chi connectivity index (χ3v) is 6.75. The van der Waals surface area contributed by atoms with Gasteiger partial charge >= 0.3 is 0 Å². The van der Waals surface area contributed by atoms with Gasteiger partial charge < -0.3 is 9.97 Å². The van der Waals surface area contributed by atoms with E-state index in [1.54, 1.807) is 0 Å². The van der Waals surface area contributed by atoms with Gasteiger partial charge in [-0.15, -0.1) is 0 Å². The van der Waals surface area contributed by atoms with Gasteiger partial charge in [0.25, 0.3) is 0 Å². The first-order chi connectivity index (χ1) is 15.0. The van der Waals surface area contributed by atoms with Crippen molar-refractivity contribution in [3.63, 3.8) is 0 Å². The molecule has 0 aliphatic carbocycles. The summed E-state index contributed by atoms with van der Waals surface area (Å²) in [6.07, 6.45) is 3.94. The van der Waals surface area contributed by atoms with Crippen molar-refractivity contribution < 1.29 is 0 Å². The Morgan fingerprint density at radius 3 is 1.71 bits per heavy atom. The van der Waals surface area contributed by atoms with Gasteiger partial charge in [-0.1, -0.05) is 44.2 Å². The van der Waals surface area contributed by atoms with E-state index in [4.69, 9.17) is 0 Å². The average molecular weight is 412 g/mol. The topological polar surface area (TPSA) is 44.5 Å². The second kappa shape index (κ2) is 8.58. The van der Waals surface area contributed by atoms with Crippen molar-refractivity contribution in [2.45, 2.75) is 60.3 Å². The van der Waals surface area contributed by atoms with Crippen LogP contribution >= 0.6 is 0 Å². The largest absolute Gasteiger partial charge is 0.361 e. The molecule has 0 aliphatic heterocycles. The number of aromatic nitrogens is 3. The average Bonchev–Trinajstić information content (AvgIpc) is 3.23. The van der Waals surface area contributed by atoms with Crippen LogP contribution in [0.2, 0.25) is 0 Å². The molecule has 0 saturated heterocycles. The molecule has 3 heterocycles. The third-order valence-electron chi connectivity index (χ3n) is 6.75. The number of hydrogen-bond acceptors (Lipinski definition) is 1. The molecule has 0 atom stereocenters. The van der Waals surface area contributed by atoms with Gasteiger partial charge in [0.05, 0.1) is 11.6 Å². The highest BCUT2D eigenvalue weighted by molar-refractivity contribution is 5.60. The maximum absolute atomic E-state index is 4.51. The summed E-state index contributed by atoms with van der Waals surface area (Å²) in [6.45, 7) is 13.4. The highest BCUT2D eigenvalue weighted by atomic mass is 14.8. The van der Waals surface area contributed by atoms with Crippen LogP contribution in [0.4, 0.5) is 0 Å². The fraction of sp³-hybridized carbons (Fsp3) is 0.321. The van der Waals surface area contributed by atoms with Crippen LogP contribution in [0.1, 0.15) is 70.4 Å². The quantitative estimate of drug-likeness (QED) is 0.354. The van der Waals surface area contributed by atoms with Crippen molar-refractivity contribution in [3.05, 3.63) is 99.3 Å². The molecule has 3 heteroatoms. The molecule has 0 bridgehead atoms. The summed E-state index contributed by atoms with van der Waals surface area (Å²) in [4.78, 5) is 12.0. The van der Waals surface area contributed by atoms with Crippen molar-refractivity contribution in [3.8, 4) is 11.3 Å². The first-order valence-electron chi connectivity index (χ1n) is 11.3. The Labute approximate surface area is 186 Å². The maximum atomic E-state index is 4.51. The Balaban J connectivity index is 1.88. The van der Waals surface area contributed by atoms with Crippen LogP contribution in [-0.4, -0.2) is 15.0 Å². The Bertz CT molecular complexity index is 1120. The fourth-order valence-electron chi connectivity index (χ4n) is 5.13. The Morgan fingerprint density at radius 1 is 0.742 bits per heavy atom. The SMILES string of the molecule is CCc1c(C)[nH]c(C(c2ccc(-c3ccccn3)cc2)c2[nH]c(C)c(CC)c2C)c1C. The molecule has 1 aromatic carbocycles. The number of hydrogen-bond donors (Lipinski definition) is 2. The molecule has 3 nitrogen and oxygen atoms in total. The van der Waals surface area contributed by atoms with Gasteiger partial charge in [-0.2, -0.15) is 0 Å². The zero-order valence-electron chi connectivity index (χ0n) is 19.6. The summed E-state index contributed by atoms with van der Waals surface area (Å²) in [5.41, 5.74) is 14.2. The molecule has 0 fully saturated rings. The zero-order valence-corrected chi connectivity index (χ0v) is 19.6. The number of nitrogens with zero attached hydrogens (tertiary/aromatic N) is 1. The molecular weight excluding hydrogens is 378 g/mol. The van der Waals surface area contributed by atoms with Gasteiger partial charge in [0.1, 0.15) is 0 Å². The molecule has 0 unspecified atom stereocenters. The number of pyridine rings is 1. The molecule has 160 valence electrons. The van der Waals surface area contributed by atoms with E-state index in [9.17, 15) is 0 Å². The first-order valence-corrected chi connectivity index (χ1v) is 11.3. The molecule has 0 aliphatic rings. The lowest BCUT2D eigenvalue weighted by Gasteiger charge is -2.19. The highest BCUT2D eigenvalue weighted by Crippen LogP contribution is 2.38. The Kier molecular flexibility index (Phi) is 5.86. The number of benzene rings is 1. The normalized spacial score (nSPS) is 11.5. The van der Waals surface area contributed by atoms with Crippen LogP contribution in [-0.2, 0) is 12.8 Å². The minimum absolute atomic E-state index is 0.149. The summed E-state index contributed by atoms with van der Waals surface area (Å²) in [7, 11) is 0. The number of aromatic amines is 2. The number of nitrogens with one attached hydrogen (secondary N) is 2. The van der Waals surface area contributed by atoms with Crippen LogP contribution in [0.15, 0.2) is 48.7 Å². The Hall–Kier alpha value is -3.07. The third kappa shape index (κ3) is 3.74. The van der Waals surface area contributed by atoms with Crippen molar-refractivity contribution in [1.82, 2.24) is 15.0 Å². The lowest BCUT2D eigenvalue weighted by atomic mass is 9.87.